The van der Waals surface area contributed by atoms with E-state index < -0.39 is 0 Å². The maximum Gasteiger partial charge on any atom is 0.251 e. The number of hydrogen-bond donors (Lipinski definition) is 2. The number of thiazole rings is 1. The molecule has 3 rings (SSSR count). The van der Waals surface area contributed by atoms with Crippen molar-refractivity contribution in [2.75, 3.05) is 19.6 Å². The summed E-state index contributed by atoms with van der Waals surface area (Å²) in [4.78, 5) is 16.8. The van der Waals surface area contributed by atoms with Crippen molar-refractivity contribution in [1.82, 2.24) is 15.6 Å². The molecule has 1 aliphatic rings. The number of piperidine rings is 1. The molecule has 2 N–H and O–H groups in total. The number of nitrogens with zero attached hydrogens (tertiary/aromatic N) is 1. The molecule has 1 fully saturated rings. The number of nitrogens with one attached hydrogen (secondary N) is 2. The number of rotatable bonds is 5. The molecule has 0 bridgehead atoms. The highest BCUT2D eigenvalue weighted by Crippen LogP contribution is 2.22. The SMILES string of the molecule is Cc1nc(-c2cccc(C(=O)NCCC3CCCNC3)c2)cs1.Cl.Cl. The lowest BCUT2D eigenvalue weighted by Gasteiger charge is -2.22. The number of amides is 1. The average Bonchev–Trinajstić information content (AvgIpc) is 3.02. The molecule has 7 heteroatoms. The third-order valence-electron chi connectivity index (χ3n) is 4.28. The lowest BCUT2D eigenvalue weighted by Crippen LogP contribution is -2.33. The van der Waals surface area contributed by atoms with Gasteiger partial charge in [-0.05, 0) is 57.3 Å². The van der Waals surface area contributed by atoms with E-state index in [1.807, 2.05) is 36.6 Å². The van der Waals surface area contributed by atoms with Gasteiger partial charge in [0, 0.05) is 23.1 Å². The molecule has 1 unspecified atom stereocenters. The Morgan fingerprint density at radius 2 is 2.24 bits per heavy atom. The van der Waals surface area contributed by atoms with E-state index >= 15 is 0 Å². The van der Waals surface area contributed by atoms with Gasteiger partial charge < -0.3 is 10.6 Å². The van der Waals surface area contributed by atoms with Crippen LogP contribution in [-0.4, -0.2) is 30.5 Å². The third-order valence-corrected chi connectivity index (χ3v) is 5.05. The van der Waals surface area contributed by atoms with Crippen LogP contribution >= 0.6 is 36.2 Å². The van der Waals surface area contributed by atoms with E-state index in [4.69, 9.17) is 0 Å². The minimum Gasteiger partial charge on any atom is -0.352 e. The Morgan fingerprint density at radius 3 is 2.92 bits per heavy atom. The van der Waals surface area contributed by atoms with Crippen molar-refractivity contribution in [3.63, 3.8) is 0 Å². The van der Waals surface area contributed by atoms with Gasteiger partial charge in [0.2, 0.25) is 0 Å². The highest BCUT2D eigenvalue weighted by molar-refractivity contribution is 7.09. The molecule has 0 spiro atoms. The summed E-state index contributed by atoms with van der Waals surface area (Å²) in [6, 6.07) is 7.70. The Bertz CT molecular complexity index is 672. The van der Waals surface area contributed by atoms with Crippen LogP contribution in [0, 0.1) is 12.8 Å². The summed E-state index contributed by atoms with van der Waals surface area (Å²) in [5, 5.41) is 9.53. The molecule has 1 aromatic carbocycles. The van der Waals surface area contributed by atoms with Gasteiger partial charge in [0.25, 0.3) is 5.91 Å². The van der Waals surface area contributed by atoms with Crippen molar-refractivity contribution in [3.05, 3.63) is 40.2 Å². The highest BCUT2D eigenvalue weighted by atomic mass is 35.5. The van der Waals surface area contributed by atoms with Crippen LogP contribution in [-0.2, 0) is 0 Å². The number of carbonyl (C=O) groups excluding carboxylic acids is 1. The Morgan fingerprint density at radius 1 is 1.40 bits per heavy atom. The van der Waals surface area contributed by atoms with E-state index in [1.54, 1.807) is 11.3 Å². The minimum absolute atomic E-state index is 0. The first-order valence-corrected chi connectivity index (χ1v) is 9.12. The van der Waals surface area contributed by atoms with Crippen LogP contribution in [0.3, 0.4) is 0 Å². The van der Waals surface area contributed by atoms with Crippen LogP contribution in [0.5, 0.6) is 0 Å². The third kappa shape index (κ3) is 6.26. The molecule has 1 saturated heterocycles. The molecule has 1 aromatic heterocycles. The van der Waals surface area contributed by atoms with Gasteiger partial charge in [-0.3, -0.25) is 4.79 Å². The minimum atomic E-state index is 0. The van der Waals surface area contributed by atoms with E-state index in [1.165, 1.54) is 12.8 Å². The predicted molar refractivity (Wildman–Crippen MR) is 109 cm³/mol. The lowest BCUT2D eigenvalue weighted by atomic mass is 9.96. The molecule has 138 valence electrons. The molecule has 1 atom stereocenters. The maximum absolute atomic E-state index is 12.3. The van der Waals surface area contributed by atoms with Crippen LogP contribution in [0.15, 0.2) is 29.6 Å². The first-order valence-electron chi connectivity index (χ1n) is 8.24. The van der Waals surface area contributed by atoms with Crippen LogP contribution in [0.2, 0.25) is 0 Å². The molecular weight excluding hydrogens is 377 g/mol. The van der Waals surface area contributed by atoms with Gasteiger partial charge in [0.1, 0.15) is 0 Å². The lowest BCUT2D eigenvalue weighted by molar-refractivity contribution is 0.0950. The van der Waals surface area contributed by atoms with Gasteiger partial charge in [0.05, 0.1) is 10.7 Å². The largest absolute Gasteiger partial charge is 0.352 e. The fourth-order valence-electron chi connectivity index (χ4n) is 2.98. The molecule has 2 heterocycles. The summed E-state index contributed by atoms with van der Waals surface area (Å²) in [5.41, 5.74) is 2.64. The van der Waals surface area contributed by atoms with E-state index in [-0.39, 0.29) is 30.7 Å². The Kier molecular flexibility index (Phi) is 9.43. The van der Waals surface area contributed by atoms with Crippen LogP contribution < -0.4 is 10.6 Å². The Hall–Kier alpha value is -1.14. The molecule has 2 aromatic rings. The Labute approximate surface area is 165 Å². The summed E-state index contributed by atoms with van der Waals surface area (Å²) in [5.74, 6) is 0.691. The van der Waals surface area contributed by atoms with Gasteiger partial charge in [-0.25, -0.2) is 4.98 Å². The zero-order valence-corrected chi connectivity index (χ0v) is 16.7. The topological polar surface area (TPSA) is 54.0 Å². The summed E-state index contributed by atoms with van der Waals surface area (Å²) in [6.45, 7) is 4.94. The number of carbonyl (C=O) groups is 1. The second-order valence-electron chi connectivity index (χ2n) is 6.09. The number of benzene rings is 1. The summed E-state index contributed by atoms with van der Waals surface area (Å²) in [6.07, 6.45) is 3.55. The van der Waals surface area contributed by atoms with Crippen molar-refractivity contribution in [1.29, 1.82) is 0 Å². The summed E-state index contributed by atoms with van der Waals surface area (Å²) < 4.78 is 0. The predicted octanol–water partition coefficient (Wildman–Crippen LogP) is 4.08. The molecule has 0 aliphatic carbocycles. The molecule has 4 nitrogen and oxygen atoms in total. The van der Waals surface area contributed by atoms with Gasteiger partial charge in [-0.1, -0.05) is 12.1 Å². The zero-order valence-electron chi connectivity index (χ0n) is 14.3. The molecule has 1 amide bonds. The smallest absolute Gasteiger partial charge is 0.251 e. The van der Waals surface area contributed by atoms with Crippen molar-refractivity contribution < 1.29 is 4.79 Å². The van der Waals surface area contributed by atoms with Crippen LogP contribution in [0.4, 0.5) is 0 Å². The van der Waals surface area contributed by atoms with Gasteiger partial charge in [-0.15, -0.1) is 36.2 Å². The van der Waals surface area contributed by atoms with Crippen molar-refractivity contribution in [2.45, 2.75) is 26.2 Å². The van der Waals surface area contributed by atoms with E-state index in [9.17, 15) is 4.79 Å². The van der Waals surface area contributed by atoms with Gasteiger partial charge in [-0.2, -0.15) is 0 Å². The molecule has 0 saturated carbocycles. The van der Waals surface area contributed by atoms with Gasteiger partial charge in [0.15, 0.2) is 0 Å². The zero-order chi connectivity index (χ0) is 16.1. The van der Waals surface area contributed by atoms with E-state index in [0.717, 1.165) is 42.3 Å². The van der Waals surface area contributed by atoms with Crippen molar-refractivity contribution in [3.8, 4) is 11.3 Å². The standard InChI is InChI=1S/C18H23N3OS.2ClH/c1-13-21-17(12-23-13)15-5-2-6-16(10-15)18(22)20-9-7-14-4-3-8-19-11-14;;/h2,5-6,10,12,14,19H,3-4,7-9,11H2,1H3,(H,20,22);2*1H. The summed E-state index contributed by atoms with van der Waals surface area (Å²) >= 11 is 1.63. The number of aryl methyl sites for hydroxylation is 1. The first kappa shape index (κ1) is 21.9. The maximum atomic E-state index is 12.3. The van der Waals surface area contributed by atoms with Crippen LogP contribution in [0.25, 0.3) is 11.3 Å². The molecular formula is C18H25Cl2N3OS. The molecule has 25 heavy (non-hydrogen) atoms. The Balaban J connectivity index is 0.00000156. The van der Waals surface area contributed by atoms with E-state index in [0.29, 0.717) is 11.5 Å². The van der Waals surface area contributed by atoms with E-state index in [2.05, 4.69) is 15.6 Å². The monoisotopic (exact) mass is 401 g/mol. The molecule has 1 aliphatic heterocycles. The van der Waals surface area contributed by atoms with Crippen molar-refractivity contribution >= 4 is 42.1 Å². The quantitative estimate of drug-likeness (QED) is 0.793. The number of hydrogen-bond acceptors (Lipinski definition) is 4. The fourth-order valence-corrected chi connectivity index (χ4v) is 3.60. The fraction of sp³-hybridized carbons (Fsp3) is 0.444. The molecule has 0 radical (unpaired) electrons. The number of aromatic nitrogens is 1. The first-order chi connectivity index (χ1) is 11.2. The average molecular weight is 402 g/mol. The second kappa shape index (κ2) is 10.8. The van der Waals surface area contributed by atoms with Gasteiger partial charge >= 0.3 is 0 Å². The van der Waals surface area contributed by atoms with Crippen LogP contribution in [0.1, 0.15) is 34.6 Å². The number of halogens is 2. The summed E-state index contributed by atoms with van der Waals surface area (Å²) in [7, 11) is 0. The highest BCUT2D eigenvalue weighted by Gasteiger charge is 2.13. The normalized spacial score (nSPS) is 16.4. The van der Waals surface area contributed by atoms with Crippen molar-refractivity contribution in [2.24, 2.45) is 5.92 Å². The second-order valence-corrected chi connectivity index (χ2v) is 7.15.